The van der Waals surface area contributed by atoms with Gasteiger partial charge in [0.1, 0.15) is 5.82 Å². The first kappa shape index (κ1) is 17.0. The molecule has 1 fully saturated rings. The fraction of sp³-hybridized carbons (Fsp3) is 0.474. The number of amides is 2. The Hall–Kier alpha value is -2.41. The average molecular weight is 357 g/mol. The molecule has 7 heteroatoms. The molecule has 1 saturated heterocycles. The van der Waals surface area contributed by atoms with Gasteiger partial charge in [-0.1, -0.05) is 18.2 Å². The Morgan fingerprint density at radius 2 is 2.04 bits per heavy atom. The molecule has 0 spiro atoms. The number of benzene rings is 1. The number of hydrogen-bond acceptors (Lipinski definition) is 3. The lowest BCUT2D eigenvalue weighted by atomic mass is 10.1. The normalized spacial score (nSPS) is 20.2. The number of aromatic nitrogens is 2. The first-order valence-electron chi connectivity index (χ1n) is 9.21. The number of carbonyl (C=O) groups is 1. The molecule has 1 atom stereocenters. The smallest absolute Gasteiger partial charge is 0.317 e. The number of nitrogens with zero attached hydrogens (tertiary/aromatic N) is 4. The summed E-state index contributed by atoms with van der Waals surface area (Å²) in [5.74, 6) is -0.175. The Labute approximate surface area is 152 Å². The van der Waals surface area contributed by atoms with Crippen molar-refractivity contribution in [3.8, 4) is 0 Å². The Morgan fingerprint density at radius 3 is 2.85 bits per heavy atom. The third kappa shape index (κ3) is 3.58. The lowest BCUT2D eigenvalue weighted by Crippen LogP contribution is -2.45. The van der Waals surface area contributed by atoms with E-state index in [4.69, 9.17) is 0 Å². The van der Waals surface area contributed by atoms with Crippen LogP contribution in [0, 0.1) is 5.82 Å². The van der Waals surface area contributed by atoms with Gasteiger partial charge in [-0.2, -0.15) is 5.10 Å². The quantitative estimate of drug-likeness (QED) is 0.914. The van der Waals surface area contributed by atoms with Gasteiger partial charge >= 0.3 is 6.03 Å². The third-order valence-corrected chi connectivity index (χ3v) is 5.19. The lowest BCUT2D eigenvalue weighted by molar-refractivity contribution is 0.159. The van der Waals surface area contributed by atoms with Crippen LogP contribution in [-0.2, 0) is 13.1 Å². The van der Waals surface area contributed by atoms with Gasteiger partial charge < -0.3 is 10.2 Å². The van der Waals surface area contributed by atoms with E-state index in [-0.39, 0.29) is 17.9 Å². The topological polar surface area (TPSA) is 53.4 Å². The summed E-state index contributed by atoms with van der Waals surface area (Å²) >= 11 is 0. The van der Waals surface area contributed by atoms with Crippen molar-refractivity contribution in [2.24, 2.45) is 0 Å². The summed E-state index contributed by atoms with van der Waals surface area (Å²) < 4.78 is 16.0. The fourth-order valence-electron chi connectivity index (χ4n) is 3.84. The van der Waals surface area contributed by atoms with Crippen molar-refractivity contribution >= 4 is 6.03 Å². The van der Waals surface area contributed by atoms with Crippen LogP contribution in [0.2, 0.25) is 0 Å². The van der Waals surface area contributed by atoms with E-state index in [2.05, 4.69) is 15.3 Å². The average Bonchev–Trinajstić information content (AvgIpc) is 3.33. The number of hydrogen-bond donors (Lipinski definition) is 1. The van der Waals surface area contributed by atoms with Gasteiger partial charge in [0.05, 0.1) is 11.7 Å². The molecule has 138 valence electrons. The summed E-state index contributed by atoms with van der Waals surface area (Å²) in [5.41, 5.74) is 1.79. The molecule has 0 saturated carbocycles. The van der Waals surface area contributed by atoms with Gasteiger partial charge in [-0.3, -0.25) is 9.58 Å². The number of fused-ring (bicyclic) bond motifs is 1. The van der Waals surface area contributed by atoms with E-state index in [0.717, 1.165) is 44.7 Å². The van der Waals surface area contributed by atoms with Crippen LogP contribution in [0.5, 0.6) is 0 Å². The van der Waals surface area contributed by atoms with Gasteiger partial charge in [0, 0.05) is 51.0 Å². The molecule has 3 heterocycles. The first-order valence-corrected chi connectivity index (χ1v) is 9.21. The standard InChI is InChI=1S/C19H24FN5O/c20-18-6-2-1-5-15(18)12-23-13-16-7-8-22-25(16)17(14-23)11-21-19(26)24-9-3-4-10-24/h1-2,5-8,17H,3-4,9-14H2,(H,21,26). The maximum absolute atomic E-state index is 14.0. The third-order valence-electron chi connectivity index (χ3n) is 5.19. The Kier molecular flexibility index (Phi) is 4.88. The van der Waals surface area contributed by atoms with Crippen molar-refractivity contribution in [1.29, 1.82) is 0 Å². The van der Waals surface area contributed by atoms with Gasteiger partial charge in [0.25, 0.3) is 0 Å². The van der Waals surface area contributed by atoms with Gasteiger partial charge in [0.2, 0.25) is 0 Å². The molecule has 2 aliphatic rings. The van der Waals surface area contributed by atoms with E-state index in [1.165, 1.54) is 6.07 Å². The molecule has 26 heavy (non-hydrogen) atoms. The molecule has 1 N–H and O–H groups in total. The van der Waals surface area contributed by atoms with Crippen molar-refractivity contribution in [2.45, 2.75) is 32.0 Å². The second-order valence-electron chi connectivity index (χ2n) is 7.06. The van der Waals surface area contributed by atoms with Crippen LogP contribution in [0.4, 0.5) is 9.18 Å². The number of halogens is 1. The van der Waals surface area contributed by atoms with E-state index in [1.54, 1.807) is 12.3 Å². The fourth-order valence-corrected chi connectivity index (χ4v) is 3.84. The summed E-state index contributed by atoms with van der Waals surface area (Å²) in [6, 6.07) is 8.93. The molecule has 0 bridgehead atoms. The van der Waals surface area contributed by atoms with Crippen molar-refractivity contribution in [1.82, 2.24) is 24.9 Å². The molecule has 2 aromatic rings. The van der Waals surface area contributed by atoms with Crippen LogP contribution in [0.1, 0.15) is 30.1 Å². The summed E-state index contributed by atoms with van der Waals surface area (Å²) in [5, 5.41) is 7.47. The van der Waals surface area contributed by atoms with Crippen molar-refractivity contribution in [3.05, 3.63) is 53.6 Å². The van der Waals surface area contributed by atoms with Crippen molar-refractivity contribution in [2.75, 3.05) is 26.2 Å². The highest BCUT2D eigenvalue weighted by atomic mass is 19.1. The maximum Gasteiger partial charge on any atom is 0.317 e. The van der Waals surface area contributed by atoms with Crippen LogP contribution in [-0.4, -0.2) is 51.8 Å². The molecule has 2 amide bonds. The largest absolute Gasteiger partial charge is 0.336 e. The number of urea groups is 1. The maximum atomic E-state index is 14.0. The molecule has 1 aromatic heterocycles. The number of nitrogens with one attached hydrogen (secondary N) is 1. The zero-order valence-corrected chi connectivity index (χ0v) is 14.8. The molecule has 1 unspecified atom stereocenters. The highest BCUT2D eigenvalue weighted by Crippen LogP contribution is 2.22. The van der Waals surface area contributed by atoms with Gasteiger partial charge in [-0.25, -0.2) is 9.18 Å². The highest BCUT2D eigenvalue weighted by Gasteiger charge is 2.27. The molecule has 0 aliphatic carbocycles. The molecule has 4 rings (SSSR count). The predicted molar refractivity (Wildman–Crippen MR) is 96.0 cm³/mol. The summed E-state index contributed by atoms with van der Waals surface area (Å²) in [7, 11) is 0. The van der Waals surface area contributed by atoms with Crippen LogP contribution in [0.3, 0.4) is 0 Å². The van der Waals surface area contributed by atoms with E-state index in [0.29, 0.717) is 18.7 Å². The summed E-state index contributed by atoms with van der Waals surface area (Å²) in [4.78, 5) is 16.4. The van der Waals surface area contributed by atoms with Gasteiger partial charge in [-0.05, 0) is 25.0 Å². The van der Waals surface area contributed by atoms with E-state index in [1.807, 2.05) is 27.8 Å². The second kappa shape index (κ2) is 7.45. The van der Waals surface area contributed by atoms with Gasteiger partial charge in [0.15, 0.2) is 0 Å². The number of likely N-dealkylation sites (tertiary alicyclic amines) is 1. The monoisotopic (exact) mass is 357 g/mol. The lowest BCUT2D eigenvalue weighted by Gasteiger charge is -2.34. The van der Waals surface area contributed by atoms with Crippen molar-refractivity contribution in [3.63, 3.8) is 0 Å². The van der Waals surface area contributed by atoms with E-state index >= 15 is 0 Å². The summed E-state index contributed by atoms with van der Waals surface area (Å²) in [6.45, 7) is 4.20. The van der Waals surface area contributed by atoms with E-state index < -0.39 is 0 Å². The Morgan fingerprint density at radius 1 is 1.23 bits per heavy atom. The first-order chi connectivity index (χ1) is 12.7. The Balaban J connectivity index is 1.42. The zero-order valence-electron chi connectivity index (χ0n) is 14.8. The number of carbonyl (C=O) groups excluding carboxylic acids is 1. The van der Waals surface area contributed by atoms with Crippen LogP contribution >= 0.6 is 0 Å². The summed E-state index contributed by atoms with van der Waals surface area (Å²) in [6.07, 6.45) is 3.95. The Bertz CT molecular complexity index is 771. The minimum Gasteiger partial charge on any atom is -0.336 e. The molecule has 0 radical (unpaired) electrons. The zero-order chi connectivity index (χ0) is 17.9. The van der Waals surface area contributed by atoms with Crippen LogP contribution in [0.15, 0.2) is 36.5 Å². The second-order valence-corrected chi connectivity index (χ2v) is 7.06. The predicted octanol–water partition coefficient (Wildman–Crippen LogP) is 2.38. The number of rotatable bonds is 4. The van der Waals surface area contributed by atoms with Crippen LogP contribution in [0.25, 0.3) is 0 Å². The van der Waals surface area contributed by atoms with Crippen molar-refractivity contribution < 1.29 is 9.18 Å². The minimum absolute atomic E-state index is 0.00225. The van der Waals surface area contributed by atoms with Crippen LogP contribution < -0.4 is 5.32 Å². The molecular weight excluding hydrogens is 333 g/mol. The van der Waals surface area contributed by atoms with Gasteiger partial charge in [-0.15, -0.1) is 0 Å². The SMILES string of the molecule is O=C(NCC1CN(Cc2ccccc2F)Cc2ccnn21)N1CCCC1. The van der Waals surface area contributed by atoms with E-state index in [9.17, 15) is 9.18 Å². The highest BCUT2D eigenvalue weighted by molar-refractivity contribution is 5.74. The molecule has 2 aliphatic heterocycles. The molecule has 6 nitrogen and oxygen atoms in total. The molecule has 1 aromatic carbocycles. The molecular formula is C19H24FN5O. The minimum atomic E-state index is -0.175.